The lowest BCUT2D eigenvalue weighted by Gasteiger charge is -2.13. The van der Waals surface area contributed by atoms with Gasteiger partial charge in [-0.2, -0.15) is 5.10 Å². The zero-order chi connectivity index (χ0) is 12.4. The van der Waals surface area contributed by atoms with E-state index >= 15 is 0 Å². The summed E-state index contributed by atoms with van der Waals surface area (Å²) in [6.07, 6.45) is 5.04. The van der Waals surface area contributed by atoms with Crippen molar-refractivity contribution >= 4 is 21.6 Å². The van der Waals surface area contributed by atoms with Crippen LogP contribution in [0.25, 0.3) is 0 Å². The minimum absolute atomic E-state index is 0.0322. The highest BCUT2D eigenvalue weighted by molar-refractivity contribution is 9.10. The second-order valence-corrected chi connectivity index (χ2v) is 4.43. The molecule has 6 nitrogen and oxygen atoms in total. The predicted molar refractivity (Wildman–Crippen MR) is 67.8 cm³/mol. The highest BCUT2D eigenvalue weighted by atomic mass is 79.9. The summed E-state index contributed by atoms with van der Waals surface area (Å²) >= 11 is 3.26. The molecule has 0 aliphatic heterocycles. The minimum atomic E-state index is -0.179. The van der Waals surface area contributed by atoms with E-state index in [9.17, 15) is 4.79 Å². The fourth-order valence-corrected chi connectivity index (χ4v) is 1.90. The molecule has 1 unspecified atom stereocenters. The van der Waals surface area contributed by atoms with E-state index in [0.29, 0.717) is 10.2 Å². The number of hydrogen-bond acceptors (Lipinski definition) is 4. The summed E-state index contributed by atoms with van der Waals surface area (Å²) in [5.41, 5.74) is 0.471. The quantitative estimate of drug-likeness (QED) is 0.899. The Balaban J connectivity index is 2.25. The molecule has 90 valence electrons. The number of anilines is 1. The largest absolute Gasteiger partial charge is 0.373 e. The van der Waals surface area contributed by atoms with Crippen molar-refractivity contribution in [1.82, 2.24) is 19.7 Å². The van der Waals surface area contributed by atoms with E-state index in [2.05, 4.69) is 36.3 Å². The Labute approximate surface area is 106 Å². The Hall–Kier alpha value is -1.63. The Morgan fingerprint density at radius 1 is 1.59 bits per heavy atom. The van der Waals surface area contributed by atoms with E-state index in [4.69, 9.17) is 0 Å². The first-order chi connectivity index (χ1) is 8.09. The van der Waals surface area contributed by atoms with Gasteiger partial charge >= 0.3 is 0 Å². The van der Waals surface area contributed by atoms with E-state index < -0.39 is 0 Å². The highest BCUT2D eigenvalue weighted by Gasteiger charge is 2.12. The zero-order valence-electron chi connectivity index (χ0n) is 9.44. The van der Waals surface area contributed by atoms with Crippen molar-refractivity contribution in [2.75, 3.05) is 5.32 Å². The van der Waals surface area contributed by atoms with Crippen molar-refractivity contribution in [2.45, 2.75) is 13.0 Å². The molecule has 0 bridgehead atoms. The zero-order valence-corrected chi connectivity index (χ0v) is 11.0. The summed E-state index contributed by atoms with van der Waals surface area (Å²) in [6, 6.07) is -0.0322. The van der Waals surface area contributed by atoms with E-state index in [1.54, 1.807) is 25.6 Å². The number of halogens is 1. The van der Waals surface area contributed by atoms with Gasteiger partial charge in [-0.25, -0.2) is 9.67 Å². The molecule has 2 rings (SSSR count). The lowest BCUT2D eigenvalue weighted by Crippen LogP contribution is -2.22. The van der Waals surface area contributed by atoms with Crippen LogP contribution in [-0.2, 0) is 7.05 Å². The summed E-state index contributed by atoms with van der Waals surface area (Å²) in [5.74, 6) is 0.803. The average Bonchev–Trinajstić information content (AvgIpc) is 2.83. The number of nitrogens with zero attached hydrogens (tertiary/aromatic N) is 3. The molecule has 0 saturated carbocycles. The fraction of sp³-hybridized carbons (Fsp3) is 0.300. The Morgan fingerprint density at radius 3 is 3.00 bits per heavy atom. The topological polar surface area (TPSA) is 75.6 Å². The molecule has 0 radical (unpaired) electrons. The van der Waals surface area contributed by atoms with Crippen molar-refractivity contribution < 1.29 is 0 Å². The van der Waals surface area contributed by atoms with Crippen molar-refractivity contribution in [3.05, 3.63) is 39.2 Å². The van der Waals surface area contributed by atoms with Crippen molar-refractivity contribution in [2.24, 2.45) is 7.05 Å². The molecule has 0 amide bonds. The number of rotatable bonds is 3. The number of hydrogen-bond donors (Lipinski definition) is 2. The van der Waals surface area contributed by atoms with Gasteiger partial charge in [-0.1, -0.05) is 0 Å². The van der Waals surface area contributed by atoms with Crippen LogP contribution in [0.1, 0.15) is 18.8 Å². The van der Waals surface area contributed by atoms with E-state index in [-0.39, 0.29) is 11.6 Å². The standard InChI is InChI=1S/C10H12BrN5O/c1-6(9-12-3-4-13-9)15-7-5-14-16(2)10(17)8(7)11/h3-6,15H,1-2H3,(H,12,13). The van der Waals surface area contributed by atoms with Crippen molar-refractivity contribution in [3.8, 4) is 0 Å². The van der Waals surface area contributed by atoms with Crippen LogP contribution < -0.4 is 10.9 Å². The van der Waals surface area contributed by atoms with Gasteiger partial charge in [0.2, 0.25) is 0 Å². The van der Waals surface area contributed by atoms with Gasteiger partial charge in [0.1, 0.15) is 10.3 Å². The van der Waals surface area contributed by atoms with E-state index in [0.717, 1.165) is 5.82 Å². The minimum Gasteiger partial charge on any atom is -0.373 e. The second-order valence-electron chi connectivity index (χ2n) is 3.64. The smallest absolute Gasteiger partial charge is 0.282 e. The molecule has 0 aliphatic carbocycles. The van der Waals surface area contributed by atoms with Gasteiger partial charge in [0.15, 0.2) is 0 Å². The van der Waals surface area contributed by atoms with E-state index in [1.165, 1.54) is 4.68 Å². The maximum absolute atomic E-state index is 11.6. The van der Waals surface area contributed by atoms with Gasteiger partial charge in [0.25, 0.3) is 5.56 Å². The third kappa shape index (κ3) is 2.38. The first-order valence-corrected chi connectivity index (χ1v) is 5.86. The van der Waals surface area contributed by atoms with Crippen LogP contribution in [0.15, 0.2) is 27.9 Å². The fourth-order valence-electron chi connectivity index (χ4n) is 1.43. The van der Waals surface area contributed by atoms with Crippen LogP contribution in [-0.4, -0.2) is 19.7 Å². The molecular formula is C10H12BrN5O. The van der Waals surface area contributed by atoms with Crippen molar-refractivity contribution in [1.29, 1.82) is 0 Å². The SMILES string of the molecule is CC(Nc1cnn(C)c(=O)c1Br)c1ncc[nH]1. The number of H-pyrrole nitrogens is 1. The summed E-state index contributed by atoms with van der Waals surface area (Å²) in [7, 11) is 1.60. The number of imidazole rings is 1. The molecule has 0 aromatic carbocycles. The molecular weight excluding hydrogens is 286 g/mol. The van der Waals surface area contributed by atoms with E-state index in [1.807, 2.05) is 6.92 Å². The lowest BCUT2D eigenvalue weighted by atomic mass is 10.3. The number of aromatic nitrogens is 4. The molecule has 0 fully saturated rings. The van der Waals surface area contributed by atoms with Crippen molar-refractivity contribution in [3.63, 3.8) is 0 Å². The molecule has 7 heteroatoms. The Bertz CT molecular complexity index is 563. The first kappa shape index (κ1) is 11.8. The first-order valence-electron chi connectivity index (χ1n) is 5.07. The molecule has 17 heavy (non-hydrogen) atoms. The molecule has 2 N–H and O–H groups in total. The summed E-state index contributed by atoms with van der Waals surface area (Å²) < 4.78 is 1.74. The van der Waals surface area contributed by atoms with Crippen LogP contribution in [0.4, 0.5) is 5.69 Å². The maximum atomic E-state index is 11.6. The highest BCUT2D eigenvalue weighted by Crippen LogP contribution is 2.21. The number of aryl methyl sites for hydroxylation is 1. The van der Waals surface area contributed by atoms with Crippen LogP contribution >= 0.6 is 15.9 Å². The molecule has 2 aromatic rings. The third-order valence-corrected chi connectivity index (χ3v) is 3.15. The molecule has 0 spiro atoms. The van der Waals surface area contributed by atoms with Gasteiger partial charge in [-0.15, -0.1) is 0 Å². The summed E-state index contributed by atoms with van der Waals surface area (Å²) in [6.45, 7) is 1.95. The molecule has 2 heterocycles. The van der Waals surface area contributed by atoms with Gasteiger partial charge in [0.05, 0.1) is 17.9 Å². The van der Waals surface area contributed by atoms with Crippen LogP contribution in [0.3, 0.4) is 0 Å². The summed E-state index contributed by atoms with van der Waals surface area (Å²) in [4.78, 5) is 18.8. The van der Waals surface area contributed by atoms with Gasteiger partial charge < -0.3 is 10.3 Å². The van der Waals surface area contributed by atoms with Gasteiger partial charge in [-0.3, -0.25) is 4.79 Å². The van der Waals surface area contributed by atoms with Crippen LogP contribution in [0.2, 0.25) is 0 Å². The lowest BCUT2D eigenvalue weighted by molar-refractivity contribution is 0.699. The predicted octanol–water partition coefficient (Wildman–Crippen LogP) is 1.44. The second kappa shape index (κ2) is 4.70. The van der Waals surface area contributed by atoms with Gasteiger partial charge in [-0.05, 0) is 22.9 Å². The number of nitrogens with one attached hydrogen (secondary N) is 2. The molecule has 2 aromatic heterocycles. The number of aromatic amines is 1. The molecule has 1 atom stereocenters. The van der Waals surface area contributed by atoms with Crippen LogP contribution in [0.5, 0.6) is 0 Å². The maximum Gasteiger partial charge on any atom is 0.282 e. The third-order valence-electron chi connectivity index (χ3n) is 2.38. The average molecular weight is 298 g/mol. The van der Waals surface area contributed by atoms with Gasteiger partial charge in [0, 0.05) is 19.4 Å². The molecule has 0 aliphatic rings. The Morgan fingerprint density at radius 2 is 2.35 bits per heavy atom. The normalized spacial score (nSPS) is 12.4. The monoisotopic (exact) mass is 297 g/mol. The molecule has 0 saturated heterocycles. The van der Waals surface area contributed by atoms with Crippen LogP contribution in [0, 0.1) is 0 Å². The Kier molecular flexibility index (Phi) is 3.28. The summed E-state index contributed by atoms with van der Waals surface area (Å²) in [5, 5.41) is 7.12.